The molecule has 2 aromatic heterocycles. The standard InChI is InChI=1S/C16H19FN4O2/c1-4-5-6-23-16(22)21(3)15-11(2)20-14(10-19-15)12-7-13(17)9-18-8-12/h7-10H,4-6H2,1-3H3. The Morgan fingerprint density at radius 1 is 1.35 bits per heavy atom. The van der Waals surface area contributed by atoms with Gasteiger partial charge in [-0.05, 0) is 19.4 Å². The number of anilines is 1. The number of carbonyl (C=O) groups excluding carboxylic acids is 1. The molecule has 0 fully saturated rings. The minimum absolute atomic E-state index is 0.374. The lowest BCUT2D eigenvalue weighted by Crippen LogP contribution is -2.29. The number of nitrogens with zero attached hydrogens (tertiary/aromatic N) is 4. The van der Waals surface area contributed by atoms with Gasteiger partial charge in [-0.2, -0.15) is 0 Å². The summed E-state index contributed by atoms with van der Waals surface area (Å²) in [6.45, 7) is 4.13. The Morgan fingerprint density at radius 3 is 2.78 bits per heavy atom. The first kappa shape index (κ1) is 16.8. The summed E-state index contributed by atoms with van der Waals surface area (Å²) in [6, 6.07) is 1.33. The molecule has 23 heavy (non-hydrogen) atoms. The normalized spacial score (nSPS) is 10.4. The Bertz CT molecular complexity index is 694. The Morgan fingerprint density at radius 2 is 2.13 bits per heavy atom. The fourth-order valence-corrected chi connectivity index (χ4v) is 1.98. The van der Waals surface area contributed by atoms with Crippen LogP contribution >= 0.6 is 0 Å². The molecule has 2 aromatic rings. The van der Waals surface area contributed by atoms with Crippen molar-refractivity contribution in [3.63, 3.8) is 0 Å². The number of aryl methyl sites for hydroxylation is 1. The van der Waals surface area contributed by atoms with Crippen molar-refractivity contribution in [1.29, 1.82) is 0 Å². The van der Waals surface area contributed by atoms with Crippen molar-refractivity contribution in [3.05, 3.63) is 36.2 Å². The van der Waals surface area contributed by atoms with E-state index in [4.69, 9.17) is 4.74 Å². The molecule has 0 spiro atoms. The lowest BCUT2D eigenvalue weighted by atomic mass is 10.2. The summed E-state index contributed by atoms with van der Waals surface area (Å²) in [6.07, 6.45) is 5.40. The number of hydrogen-bond donors (Lipinski definition) is 0. The second-order valence-electron chi connectivity index (χ2n) is 5.08. The molecule has 0 bridgehead atoms. The second-order valence-corrected chi connectivity index (χ2v) is 5.08. The molecular formula is C16H19FN4O2. The minimum Gasteiger partial charge on any atom is -0.449 e. The number of carbonyl (C=O) groups is 1. The molecule has 0 saturated heterocycles. The molecule has 0 saturated carbocycles. The van der Waals surface area contributed by atoms with Gasteiger partial charge in [0.05, 0.1) is 30.4 Å². The third-order valence-electron chi connectivity index (χ3n) is 3.24. The maximum atomic E-state index is 13.2. The molecule has 7 heteroatoms. The van der Waals surface area contributed by atoms with Crippen molar-refractivity contribution in [2.45, 2.75) is 26.7 Å². The number of ether oxygens (including phenoxy) is 1. The van der Waals surface area contributed by atoms with Crippen LogP contribution in [0.3, 0.4) is 0 Å². The Labute approximate surface area is 134 Å². The molecule has 0 aromatic carbocycles. The number of halogens is 1. The number of hydrogen-bond acceptors (Lipinski definition) is 5. The van der Waals surface area contributed by atoms with Crippen molar-refractivity contribution < 1.29 is 13.9 Å². The largest absolute Gasteiger partial charge is 0.449 e. The monoisotopic (exact) mass is 318 g/mol. The lowest BCUT2D eigenvalue weighted by molar-refractivity contribution is 0.153. The van der Waals surface area contributed by atoms with E-state index in [1.54, 1.807) is 14.0 Å². The van der Waals surface area contributed by atoms with Gasteiger partial charge in [-0.3, -0.25) is 9.88 Å². The quantitative estimate of drug-likeness (QED) is 0.791. The molecule has 0 radical (unpaired) electrons. The molecule has 0 aliphatic heterocycles. The van der Waals surface area contributed by atoms with Gasteiger partial charge in [-0.25, -0.2) is 19.2 Å². The lowest BCUT2D eigenvalue weighted by Gasteiger charge is -2.17. The van der Waals surface area contributed by atoms with Crippen LogP contribution in [-0.2, 0) is 4.74 Å². The topological polar surface area (TPSA) is 68.2 Å². The van der Waals surface area contributed by atoms with Gasteiger partial charge in [-0.15, -0.1) is 0 Å². The Balaban J connectivity index is 2.17. The van der Waals surface area contributed by atoms with Gasteiger partial charge in [0.15, 0.2) is 5.82 Å². The SMILES string of the molecule is CCCCOC(=O)N(C)c1ncc(-c2cncc(F)c2)nc1C. The van der Waals surface area contributed by atoms with Crippen LogP contribution in [0.1, 0.15) is 25.5 Å². The molecule has 6 nitrogen and oxygen atoms in total. The van der Waals surface area contributed by atoms with Gasteiger partial charge >= 0.3 is 6.09 Å². The van der Waals surface area contributed by atoms with Crippen molar-refractivity contribution in [2.75, 3.05) is 18.6 Å². The predicted molar refractivity (Wildman–Crippen MR) is 84.6 cm³/mol. The highest BCUT2D eigenvalue weighted by atomic mass is 19.1. The van der Waals surface area contributed by atoms with Crippen LogP contribution in [0.5, 0.6) is 0 Å². The number of aromatic nitrogens is 3. The number of rotatable bonds is 5. The van der Waals surface area contributed by atoms with Crippen molar-refractivity contribution >= 4 is 11.9 Å². The van der Waals surface area contributed by atoms with Crippen molar-refractivity contribution in [2.24, 2.45) is 0 Å². The number of unbranched alkanes of at least 4 members (excludes halogenated alkanes) is 1. The van der Waals surface area contributed by atoms with E-state index in [0.29, 0.717) is 29.4 Å². The average Bonchev–Trinajstić information content (AvgIpc) is 2.54. The summed E-state index contributed by atoms with van der Waals surface area (Å²) in [7, 11) is 1.58. The molecule has 2 rings (SSSR count). The van der Waals surface area contributed by atoms with Crippen LogP contribution < -0.4 is 4.90 Å². The number of amides is 1. The zero-order valence-corrected chi connectivity index (χ0v) is 13.4. The molecule has 0 aliphatic carbocycles. The van der Waals surface area contributed by atoms with E-state index in [0.717, 1.165) is 19.0 Å². The van der Waals surface area contributed by atoms with Gasteiger partial charge in [0.25, 0.3) is 0 Å². The van der Waals surface area contributed by atoms with Gasteiger partial charge in [-0.1, -0.05) is 13.3 Å². The van der Waals surface area contributed by atoms with Crippen molar-refractivity contribution in [1.82, 2.24) is 15.0 Å². The number of pyridine rings is 1. The van der Waals surface area contributed by atoms with Crippen LogP contribution in [0.4, 0.5) is 15.0 Å². The summed E-state index contributed by atoms with van der Waals surface area (Å²) in [4.78, 5) is 25.7. The van der Waals surface area contributed by atoms with E-state index in [1.807, 2.05) is 6.92 Å². The molecule has 0 aliphatic rings. The van der Waals surface area contributed by atoms with E-state index in [1.165, 1.54) is 23.4 Å². The first-order chi connectivity index (χ1) is 11.0. The van der Waals surface area contributed by atoms with Crippen LogP contribution in [-0.4, -0.2) is 34.7 Å². The average molecular weight is 318 g/mol. The molecule has 0 atom stereocenters. The molecule has 2 heterocycles. The maximum Gasteiger partial charge on any atom is 0.415 e. The van der Waals surface area contributed by atoms with Gasteiger partial charge in [0, 0.05) is 18.8 Å². The molecule has 0 N–H and O–H groups in total. The molecule has 1 amide bonds. The second kappa shape index (κ2) is 7.62. The van der Waals surface area contributed by atoms with E-state index in [2.05, 4.69) is 15.0 Å². The smallest absolute Gasteiger partial charge is 0.415 e. The highest BCUT2D eigenvalue weighted by molar-refractivity contribution is 5.86. The summed E-state index contributed by atoms with van der Waals surface area (Å²) >= 11 is 0. The summed E-state index contributed by atoms with van der Waals surface area (Å²) in [5, 5.41) is 0. The fraction of sp³-hybridized carbons (Fsp3) is 0.375. The summed E-state index contributed by atoms with van der Waals surface area (Å²) in [5.41, 5.74) is 1.56. The Hall–Kier alpha value is -2.57. The minimum atomic E-state index is -0.476. The van der Waals surface area contributed by atoms with Crippen LogP contribution in [0, 0.1) is 12.7 Å². The fourth-order valence-electron chi connectivity index (χ4n) is 1.98. The third-order valence-corrected chi connectivity index (χ3v) is 3.24. The van der Waals surface area contributed by atoms with E-state index >= 15 is 0 Å². The van der Waals surface area contributed by atoms with Crippen LogP contribution in [0.2, 0.25) is 0 Å². The van der Waals surface area contributed by atoms with E-state index in [9.17, 15) is 9.18 Å². The summed E-state index contributed by atoms with van der Waals surface area (Å²) < 4.78 is 18.4. The van der Waals surface area contributed by atoms with E-state index < -0.39 is 11.9 Å². The molecule has 122 valence electrons. The third kappa shape index (κ3) is 4.21. The van der Waals surface area contributed by atoms with Gasteiger partial charge < -0.3 is 4.74 Å². The van der Waals surface area contributed by atoms with Gasteiger partial charge in [0.1, 0.15) is 5.82 Å². The van der Waals surface area contributed by atoms with Crippen LogP contribution in [0.15, 0.2) is 24.7 Å². The zero-order chi connectivity index (χ0) is 16.8. The maximum absolute atomic E-state index is 13.2. The summed E-state index contributed by atoms with van der Waals surface area (Å²) in [5.74, 6) is -0.0396. The van der Waals surface area contributed by atoms with E-state index in [-0.39, 0.29) is 0 Å². The Kier molecular flexibility index (Phi) is 5.56. The highest BCUT2D eigenvalue weighted by Crippen LogP contribution is 2.21. The predicted octanol–water partition coefficient (Wildman–Crippen LogP) is 3.36. The highest BCUT2D eigenvalue weighted by Gasteiger charge is 2.17. The first-order valence-electron chi connectivity index (χ1n) is 7.38. The van der Waals surface area contributed by atoms with Crippen molar-refractivity contribution in [3.8, 4) is 11.3 Å². The zero-order valence-electron chi connectivity index (χ0n) is 13.4. The molecule has 0 unspecified atom stereocenters. The van der Waals surface area contributed by atoms with Gasteiger partial charge in [0.2, 0.25) is 0 Å². The van der Waals surface area contributed by atoms with Crippen LogP contribution in [0.25, 0.3) is 11.3 Å². The molecular weight excluding hydrogens is 299 g/mol. The first-order valence-corrected chi connectivity index (χ1v) is 7.38.